The average Bonchev–Trinajstić information content (AvgIpc) is 2.12. The average molecular weight is 179 g/mol. The molecule has 3 nitrogen and oxygen atoms in total. The molecule has 0 atom stereocenters. The molecule has 0 saturated carbocycles. The predicted molar refractivity (Wildman–Crippen MR) is 48.9 cm³/mol. The molecule has 0 aliphatic heterocycles. The van der Waals surface area contributed by atoms with E-state index in [0.717, 1.165) is 5.56 Å². The summed E-state index contributed by atoms with van der Waals surface area (Å²) in [6, 6.07) is 4.90. The largest absolute Gasteiger partial charge is 0.207 e. The molecule has 0 unspecified atom stereocenters. The molecular weight excluding hydrogens is 169 g/mol. The highest BCUT2D eigenvalue weighted by molar-refractivity contribution is 5.24. The van der Waals surface area contributed by atoms with Gasteiger partial charge in [-0.25, -0.2) is 4.39 Å². The summed E-state index contributed by atoms with van der Waals surface area (Å²) in [5, 5.41) is 3.41. The summed E-state index contributed by atoms with van der Waals surface area (Å²) in [4.78, 5) is 2.64. The first-order valence-electron chi connectivity index (χ1n) is 4.00. The monoisotopic (exact) mass is 179 g/mol. The zero-order chi connectivity index (χ0) is 9.68. The molecule has 1 aromatic rings. The van der Waals surface area contributed by atoms with Crippen molar-refractivity contribution in [2.24, 2.45) is 5.11 Å². The molecular formula is C9H10FN3. The van der Waals surface area contributed by atoms with Gasteiger partial charge in [-0.3, -0.25) is 0 Å². The molecule has 0 saturated heterocycles. The Kier molecular flexibility index (Phi) is 3.29. The van der Waals surface area contributed by atoms with E-state index in [1.54, 1.807) is 19.1 Å². The Bertz CT molecular complexity index is 343. The molecule has 0 heterocycles. The van der Waals surface area contributed by atoms with Crippen LogP contribution in [0, 0.1) is 12.7 Å². The third kappa shape index (κ3) is 2.76. The number of azide groups is 1. The van der Waals surface area contributed by atoms with Crippen LogP contribution in [0.15, 0.2) is 23.3 Å². The summed E-state index contributed by atoms with van der Waals surface area (Å²) in [6.45, 7) is 2.13. The van der Waals surface area contributed by atoms with Crippen LogP contribution in [0.4, 0.5) is 4.39 Å². The van der Waals surface area contributed by atoms with Crippen molar-refractivity contribution >= 4 is 0 Å². The lowest BCUT2D eigenvalue weighted by molar-refractivity contribution is 0.617. The summed E-state index contributed by atoms with van der Waals surface area (Å²) in [5.74, 6) is -0.201. The van der Waals surface area contributed by atoms with Crippen molar-refractivity contribution in [1.82, 2.24) is 0 Å². The molecule has 1 aromatic carbocycles. The Hall–Kier alpha value is -1.54. The second kappa shape index (κ2) is 4.48. The van der Waals surface area contributed by atoms with Gasteiger partial charge in [0.2, 0.25) is 0 Å². The summed E-state index contributed by atoms with van der Waals surface area (Å²) < 4.78 is 12.8. The number of benzene rings is 1. The van der Waals surface area contributed by atoms with Crippen molar-refractivity contribution in [2.75, 3.05) is 6.54 Å². The van der Waals surface area contributed by atoms with Crippen LogP contribution in [0.1, 0.15) is 11.1 Å². The Morgan fingerprint density at radius 3 is 2.92 bits per heavy atom. The fraction of sp³-hybridized carbons (Fsp3) is 0.333. The van der Waals surface area contributed by atoms with Crippen molar-refractivity contribution in [3.63, 3.8) is 0 Å². The summed E-state index contributed by atoms with van der Waals surface area (Å²) in [6.07, 6.45) is 0.658. The highest BCUT2D eigenvalue weighted by Crippen LogP contribution is 2.09. The molecule has 0 amide bonds. The van der Waals surface area contributed by atoms with Crippen LogP contribution in [-0.4, -0.2) is 6.54 Å². The van der Waals surface area contributed by atoms with Crippen LogP contribution < -0.4 is 0 Å². The lowest BCUT2D eigenvalue weighted by Gasteiger charge is -2.00. The van der Waals surface area contributed by atoms with Crippen LogP contribution in [0.5, 0.6) is 0 Å². The van der Waals surface area contributed by atoms with Gasteiger partial charge in [-0.05, 0) is 36.1 Å². The minimum Gasteiger partial charge on any atom is -0.207 e. The van der Waals surface area contributed by atoms with Crippen molar-refractivity contribution in [2.45, 2.75) is 13.3 Å². The third-order valence-corrected chi connectivity index (χ3v) is 1.79. The molecule has 0 radical (unpaired) electrons. The third-order valence-electron chi connectivity index (χ3n) is 1.79. The van der Waals surface area contributed by atoms with E-state index in [4.69, 9.17) is 5.53 Å². The SMILES string of the molecule is Cc1cc(CCN=[N+]=[N-])ccc1F. The fourth-order valence-electron chi connectivity index (χ4n) is 1.09. The summed E-state index contributed by atoms with van der Waals surface area (Å²) in [7, 11) is 0. The van der Waals surface area contributed by atoms with E-state index in [0.29, 0.717) is 18.5 Å². The molecule has 13 heavy (non-hydrogen) atoms. The van der Waals surface area contributed by atoms with Gasteiger partial charge in [0, 0.05) is 11.5 Å². The van der Waals surface area contributed by atoms with Gasteiger partial charge in [0.25, 0.3) is 0 Å². The minimum absolute atomic E-state index is 0.201. The van der Waals surface area contributed by atoms with Gasteiger partial charge in [-0.2, -0.15) is 0 Å². The van der Waals surface area contributed by atoms with Gasteiger partial charge < -0.3 is 0 Å². The smallest absolute Gasteiger partial charge is 0.126 e. The maximum absolute atomic E-state index is 12.8. The first kappa shape index (κ1) is 9.55. The second-order valence-electron chi connectivity index (χ2n) is 2.79. The molecule has 0 N–H and O–H groups in total. The Labute approximate surface area is 75.8 Å². The van der Waals surface area contributed by atoms with E-state index in [1.807, 2.05) is 0 Å². The van der Waals surface area contributed by atoms with Gasteiger partial charge in [0.15, 0.2) is 0 Å². The van der Waals surface area contributed by atoms with Crippen molar-refractivity contribution in [1.29, 1.82) is 0 Å². The number of aryl methyl sites for hydroxylation is 1. The number of halogens is 1. The normalized spacial score (nSPS) is 9.38. The standard InChI is InChI=1S/C9H10FN3/c1-7-6-8(2-3-9(7)10)4-5-12-13-11/h2-3,6H,4-5H2,1H3. The van der Waals surface area contributed by atoms with E-state index in [2.05, 4.69) is 10.0 Å². The zero-order valence-electron chi connectivity index (χ0n) is 7.37. The van der Waals surface area contributed by atoms with E-state index < -0.39 is 0 Å². The topological polar surface area (TPSA) is 48.8 Å². The van der Waals surface area contributed by atoms with Gasteiger partial charge >= 0.3 is 0 Å². The van der Waals surface area contributed by atoms with Crippen molar-refractivity contribution in [3.8, 4) is 0 Å². The van der Waals surface area contributed by atoms with E-state index in [9.17, 15) is 4.39 Å². The van der Waals surface area contributed by atoms with Crippen LogP contribution in [0.25, 0.3) is 10.4 Å². The van der Waals surface area contributed by atoms with Gasteiger partial charge in [0.05, 0.1) is 0 Å². The number of nitrogens with zero attached hydrogens (tertiary/aromatic N) is 3. The highest BCUT2D eigenvalue weighted by Gasteiger charge is 1.97. The Morgan fingerprint density at radius 2 is 2.31 bits per heavy atom. The molecule has 0 aliphatic carbocycles. The number of rotatable bonds is 3. The minimum atomic E-state index is -0.201. The maximum Gasteiger partial charge on any atom is 0.126 e. The molecule has 0 bridgehead atoms. The molecule has 1 rings (SSSR count). The van der Waals surface area contributed by atoms with Crippen LogP contribution in [-0.2, 0) is 6.42 Å². The number of hydrogen-bond acceptors (Lipinski definition) is 1. The lowest BCUT2D eigenvalue weighted by atomic mass is 10.1. The Morgan fingerprint density at radius 1 is 1.54 bits per heavy atom. The first-order chi connectivity index (χ1) is 6.24. The lowest BCUT2D eigenvalue weighted by Crippen LogP contribution is -1.91. The van der Waals surface area contributed by atoms with Crippen molar-refractivity contribution < 1.29 is 4.39 Å². The predicted octanol–water partition coefficient (Wildman–Crippen LogP) is 2.99. The van der Waals surface area contributed by atoms with Gasteiger partial charge in [0.1, 0.15) is 5.82 Å². The Balaban J connectivity index is 2.68. The van der Waals surface area contributed by atoms with Crippen LogP contribution in [0.3, 0.4) is 0 Å². The molecule has 0 aromatic heterocycles. The fourth-order valence-corrected chi connectivity index (χ4v) is 1.09. The van der Waals surface area contributed by atoms with E-state index in [1.165, 1.54) is 6.07 Å². The van der Waals surface area contributed by atoms with E-state index in [-0.39, 0.29) is 5.82 Å². The molecule has 68 valence electrons. The summed E-state index contributed by atoms with van der Waals surface area (Å²) in [5.41, 5.74) is 9.66. The highest BCUT2D eigenvalue weighted by atomic mass is 19.1. The molecule has 0 fully saturated rings. The quantitative estimate of drug-likeness (QED) is 0.389. The maximum atomic E-state index is 12.8. The first-order valence-corrected chi connectivity index (χ1v) is 4.00. The zero-order valence-corrected chi connectivity index (χ0v) is 7.37. The van der Waals surface area contributed by atoms with Crippen LogP contribution in [0.2, 0.25) is 0 Å². The van der Waals surface area contributed by atoms with Crippen LogP contribution >= 0.6 is 0 Å². The summed E-state index contributed by atoms with van der Waals surface area (Å²) >= 11 is 0. The van der Waals surface area contributed by atoms with Gasteiger partial charge in [-0.1, -0.05) is 17.2 Å². The molecule has 0 spiro atoms. The molecule has 0 aliphatic rings. The number of hydrogen-bond donors (Lipinski definition) is 0. The van der Waals surface area contributed by atoms with Gasteiger partial charge in [-0.15, -0.1) is 0 Å². The molecule has 4 heteroatoms. The van der Waals surface area contributed by atoms with Crippen molar-refractivity contribution in [3.05, 3.63) is 45.6 Å². The van der Waals surface area contributed by atoms with E-state index >= 15 is 0 Å². The second-order valence-corrected chi connectivity index (χ2v) is 2.79.